The van der Waals surface area contributed by atoms with E-state index in [-0.39, 0.29) is 12.8 Å². The summed E-state index contributed by atoms with van der Waals surface area (Å²) in [6.45, 7) is 0.577. The van der Waals surface area contributed by atoms with Crippen molar-refractivity contribution in [1.29, 1.82) is 0 Å². The number of aromatic nitrogens is 2. The molecule has 1 aliphatic heterocycles. The second kappa shape index (κ2) is 5.23. The lowest BCUT2D eigenvalue weighted by atomic mass is 10.3. The molecule has 1 aromatic carbocycles. The number of ether oxygens (including phenoxy) is 2. The van der Waals surface area contributed by atoms with Crippen LogP contribution >= 0.6 is 11.3 Å². The standard InChI is InChI=1S/C14H12N4O3S/c19-13(15-6-10-7-18-3-4-22-14(18)17-10)16-9-1-2-11-12(5-9)21-8-20-11/h1-5,7H,6,8H2,(H2,15,16,19). The number of rotatable bonds is 3. The third-order valence-corrected chi connectivity index (χ3v) is 3.97. The van der Waals surface area contributed by atoms with Gasteiger partial charge in [-0.05, 0) is 12.1 Å². The maximum Gasteiger partial charge on any atom is 0.319 e. The normalized spacial score (nSPS) is 12.5. The van der Waals surface area contributed by atoms with Crippen molar-refractivity contribution in [2.45, 2.75) is 6.54 Å². The zero-order valence-electron chi connectivity index (χ0n) is 11.4. The molecule has 0 saturated carbocycles. The average molecular weight is 316 g/mol. The van der Waals surface area contributed by atoms with Crippen molar-refractivity contribution >= 4 is 28.0 Å². The van der Waals surface area contributed by atoms with E-state index >= 15 is 0 Å². The summed E-state index contributed by atoms with van der Waals surface area (Å²) in [5.41, 5.74) is 1.46. The van der Waals surface area contributed by atoms with E-state index in [4.69, 9.17) is 9.47 Å². The van der Waals surface area contributed by atoms with Crippen molar-refractivity contribution in [2.24, 2.45) is 0 Å². The smallest absolute Gasteiger partial charge is 0.319 e. The molecule has 0 spiro atoms. The van der Waals surface area contributed by atoms with Crippen LogP contribution in [-0.4, -0.2) is 22.2 Å². The van der Waals surface area contributed by atoms with E-state index in [1.165, 1.54) is 0 Å². The Labute approximate surface area is 129 Å². The molecule has 0 unspecified atom stereocenters. The van der Waals surface area contributed by atoms with E-state index in [1.807, 2.05) is 22.2 Å². The monoisotopic (exact) mass is 316 g/mol. The maximum absolute atomic E-state index is 11.9. The molecule has 0 radical (unpaired) electrons. The Morgan fingerprint density at radius 1 is 1.36 bits per heavy atom. The fraction of sp³-hybridized carbons (Fsp3) is 0.143. The SMILES string of the molecule is O=C(NCc1cn2ccsc2n1)Nc1ccc2c(c1)OCO2. The number of nitrogens with zero attached hydrogens (tertiary/aromatic N) is 2. The van der Waals surface area contributed by atoms with Gasteiger partial charge in [0, 0.05) is 29.5 Å². The van der Waals surface area contributed by atoms with Crippen LogP contribution in [-0.2, 0) is 6.54 Å². The molecule has 3 heterocycles. The van der Waals surface area contributed by atoms with Crippen LogP contribution in [0.3, 0.4) is 0 Å². The molecular weight excluding hydrogens is 304 g/mol. The third kappa shape index (κ3) is 2.44. The Morgan fingerprint density at radius 2 is 2.27 bits per heavy atom. The zero-order chi connectivity index (χ0) is 14.9. The minimum atomic E-state index is -0.296. The fourth-order valence-corrected chi connectivity index (χ4v) is 2.90. The van der Waals surface area contributed by atoms with Crippen molar-refractivity contribution in [2.75, 3.05) is 12.1 Å². The van der Waals surface area contributed by atoms with E-state index in [2.05, 4.69) is 15.6 Å². The number of fused-ring (bicyclic) bond motifs is 2. The molecule has 0 fully saturated rings. The highest BCUT2D eigenvalue weighted by Crippen LogP contribution is 2.34. The number of amides is 2. The van der Waals surface area contributed by atoms with Gasteiger partial charge in [0.05, 0.1) is 12.2 Å². The molecule has 2 amide bonds. The van der Waals surface area contributed by atoms with Gasteiger partial charge in [-0.15, -0.1) is 11.3 Å². The Balaban J connectivity index is 1.37. The Kier molecular flexibility index (Phi) is 3.08. The van der Waals surface area contributed by atoms with E-state index < -0.39 is 0 Å². The number of carbonyl (C=O) groups is 1. The summed E-state index contributed by atoms with van der Waals surface area (Å²) in [7, 11) is 0. The number of benzene rings is 1. The van der Waals surface area contributed by atoms with E-state index in [9.17, 15) is 4.79 Å². The van der Waals surface area contributed by atoms with Crippen molar-refractivity contribution in [1.82, 2.24) is 14.7 Å². The predicted molar refractivity (Wildman–Crippen MR) is 81.5 cm³/mol. The van der Waals surface area contributed by atoms with Gasteiger partial charge >= 0.3 is 6.03 Å². The number of thiazole rings is 1. The van der Waals surface area contributed by atoms with Gasteiger partial charge in [0.15, 0.2) is 16.5 Å². The van der Waals surface area contributed by atoms with E-state index in [0.717, 1.165) is 10.7 Å². The quantitative estimate of drug-likeness (QED) is 0.778. The van der Waals surface area contributed by atoms with Gasteiger partial charge in [-0.25, -0.2) is 9.78 Å². The highest BCUT2D eigenvalue weighted by molar-refractivity contribution is 7.15. The summed E-state index contributed by atoms with van der Waals surface area (Å²) in [6, 6.07) is 4.96. The van der Waals surface area contributed by atoms with Crippen molar-refractivity contribution in [3.05, 3.63) is 41.7 Å². The number of urea groups is 1. The first kappa shape index (κ1) is 13.0. The van der Waals surface area contributed by atoms with Gasteiger partial charge in [0.25, 0.3) is 0 Å². The minimum Gasteiger partial charge on any atom is -0.454 e. The molecule has 2 aromatic heterocycles. The summed E-state index contributed by atoms with van der Waals surface area (Å²) in [5.74, 6) is 1.32. The van der Waals surface area contributed by atoms with Crippen LogP contribution in [0.1, 0.15) is 5.69 Å². The second-order valence-electron chi connectivity index (χ2n) is 4.70. The van der Waals surface area contributed by atoms with Crippen LogP contribution in [0.15, 0.2) is 36.0 Å². The molecule has 4 rings (SSSR count). The molecule has 8 heteroatoms. The third-order valence-electron chi connectivity index (χ3n) is 3.20. The fourth-order valence-electron chi connectivity index (χ4n) is 2.18. The number of hydrogen-bond acceptors (Lipinski definition) is 5. The summed E-state index contributed by atoms with van der Waals surface area (Å²) < 4.78 is 12.4. The van der Waals surface area contributed by atoms with Crippen molar-refractivity contribution in [3.63, 3.8) is 0 Å². The molecular formula is C14H12N4O3S. The lowest BCUT2D eigenvalue weighted by molar-refractivity contribution is 0.174. The van der Waals surface area contributed by atoms with Gasteiger partial charge in [-0.1, -0.05) is 0 Å². The lowest BCUT2D eigenvalue weighted by Crippen LogP contribution is -2.28. The Hall–Kier alpha value is -2.74. The molecule has 0 aliphatic carbocycles. The molecule has 0 atom stereocenters. The highest BCUT2D eigenvalue weighted by atomic mass is 32.1. The Bertz CT molecular complexity index is 813. The molecule has 22 heavy (non-hydrogen) atoms. The van der Waals surface area contributed by atoms with Crippen molar-refractivity contribution in [3.8, 4) is 11.5 Å². The number of imidazole rings is 1. The first-order valence-corrected chi connectivity index (χ1v) is 7.51. The van der Waals surface area contributed by atoms with Gasteiger partial charge in [0.1, 0.15) is 0 Å². The molecule has 2 N–H and O–H groups in total. The van der Waals surface area contributed by atoms with Crippen LogP contribution in [0, 0.1) is 0 Å². The molecule has 3 aromatic rings. The number of hydrogen-bond donors (Lipinski definition) is 2. The first-order valence-electron chi connectivity index (χ1n) is 6.63. The molecule has 7 nitrogen and oxygen atoms in total. The predicted octanol–water partition coefficient (Wildman–Crippen LogP) is 2.45. The average Bonchev–Trinajstić information content (AvgIpc) is 3.19. The summed E-state index contributed by atoms with van der Waals surface area (Å²) in [4.78, 5) is 17.2. The zero-order valence-corrected chi connectivity index (χ0v) is 12.2. The first-order chi connectivity index (χ1) is 10.8. The molecule has 0 bridgehead atoms. The van der Waals surface area contributed by atoms with Gasteiger partial charge < -0.3 is 20.1 Å². The van der Waals surface area contributed by atoms with Gasteiger partial charge in [-0.3, -0.25) is 4.40 Å². The van der Waals surface area contributed by atoms with Gasteiger partial charge in [-0.2, -0.15) is 0 Å². The van der Waals surface area contributed by atoms with Crippen LogP contribution < -0.4 is 20.1 Å². The van der Waals surface area contributed by atoms with Crippen molar-refractivity contribution < 1.29 is 14.3 Å². The largest absolute Gasteiger partial charge is 0.454 e. The maximum atomic E-state index is 11.9. The molecule has 1 aliphatic rings. The summed E-state index contributed by atoms with van der Waals surface area (Å²) >= 11 is 1.55. The number of nitrogens with one attached hydrogen (secondary N) is 2. The number of anilines is 1. The van der Waals surface area contributed by atoms with Crippen LogP contribution in [0.2, 0.25) is 0 Å². The van der Waals surface area contributed by atoms with Crippen LogP contribution in [0.5, 0.6) is 11.5 Å². The molecule has 112 valence electrons. The van der Waals surface area contributed by atoms with Gasteiger partial charge in [0.2, 0.25) is 6.79 Å². The van der Waals surface area contributed by atoms with Crippen LogP contribution in [0.4, 0.5) is 10.5 Å². The topological polar surface area (TPSA) is 76.9 Å². The van der Waals surface area contributed by atoms with E-state index in [0.29, 0.717) is 23.7 Å². The summed E-state index contributed by atoms with van der Waals surface area (Å²) in [5, 5.41) is 7.49. The van der Waals surface area contributed by atoms with Crippen LogP contribution in [0.25, 0.3) is 4.96 Å². The van der Waals surface area contributed by atoms with E-state index in [1.54, 1.807) is 29.5 Å². The summed E-state index contributed by atoms with van der Waals surface area (Å²) in [6.07, 6.45) is 3.83. The Morgan fingerprint density at radius 3 is 3.18 bits per heavy atom. The highest BCUT2D eigenvalue weighted by Gasteiger charge is 2.14. The molecule has 0 saturated heterocycles. The number of carbonyl (C=O) groups excluding carboxylic acids is 1. The minimum absolute atomic E-state index is 0.211. The lowest BCUT2D eigenvalue weighted by Gasteiger charge is -2.07. The second-order valence-corrected chi connectivity index (χ2v) is 5.57.